The SMILES string of the molecule is COc1ccc(Oc2c(I)cc(CC(N)C(=O)O)cc2I)cc1. The summed E-state index contributed by atoms with van der Waals surface area (Å²) in [7, 11) is 1.61. The Hall–Kier alpha value is -1.07. The lowest BCUT2D eigenvalue weighted by Gasteiger charge is -2.13. The molecule has 23 heavy (non-hydrogen) atoms. The van der Waals surface area contributed by atoms with E-state index in [0.29, 0.717) is 5.75 Å². The fourth-order valence-electron chi connectivity index (χ4n) is 1.93. The number of hydrogen-bond acceptors (Lipinski definition) is 4. The molecule has 122 valence electrons. The highest BCUT2D eigenvalue weighted by atomic mass is 127. The normalized spacial score (nSPS) is 11.8. The van der Waals surface area contributed by atoms with Gasteiger partial charge in [0.05, 0.1) is 14.3 Å². The molecular formula is C16H15I2NO4. The number of aliphatic carboxylic acids is 1. The molecule has 0 saturated heterocycles. The molecule has 7 heteroatoms. The Morgan fingerprint density at radius 3 is 2.17 bits per heavy atom. The fraction of sp³-hybridized carbons (Fsp3) is 0.188. The van der Waals surface area contributed by atoms with Crippen molar-refractivity contribution >= 4 is 51.2 Å². The second kappa shape index (κ2) is 8.15. The van der Waals surface area contributed by atoms with E-state index in [1.807, 2.05) is 36.4 Å². The first-order valence-corrected chi connectivity index (χ1v) is 8.84. The average Bonchev–Trinajstić information content (AvgIpc) is 2.51. The van der Waals surface area contributed by atoms with E-state index in [9.17, 15) is 4.79 Å². The molecular weight excluding hydrogens is 524 g/mol. The minimum Gasteiger partial charge on any atom is -0.497 e. The molecule has 0 fully saturated rings. The number of nitrogens with two attached hydrogens (primary N) is 1. The van der Waals surface area contributed by atoms with Crippen LogP contribution >= 0.6 is 45.2 Å². The topological polar surface area (TPSA) is 81.8 Å². The van der Waals surface area contributed by atoms with E-state index in [0.717, 1.165) is 24.2 Å². The molecule has 0 heterocycles. The van der Waals surface area contributed by atoms with Gasteiger partial charge in [-0.2, -0.15) is 0 Å². The lowest BCUT2D eigenvalue weighted by atomic mass is 10.1. The van der Waals surface area contributed by atoms with Crippen LogP contribution in [0.25, 0.3) is 0 Å². The van der Waals surface area contributed by atoms with Crippen molar-refractivity contribution in [3.05, 3.63) is 49.1 Å². The molecule has 5 nitrogen and oxygen atoms in total. The monoisotopic (exact) mass is 539 g/mol. The van der Waals surface area contributed by atoms with Crippen molar-refractivity contribution in [2.45, 2.75) is 12.5 Å². The number of carbonyl (C=O) groups is 1. The predicted molar refractivity (Wildman–Crippen MR) is 104 cm³/mol. The molecule has 0 amide bonds. The van der Waals surface area contributed by atoms with Gasteiger partial charge in [-0.25, -0.2) is 0 Å². The maximum absolute atomic E-state index is 10.9. The minimum absolute atomic E-state index is 0.282. The van der Waals surface area contributed by atoms with E-state index in [2.05, 4.69) is 45.2 Å². The lowest BCUT2D eigenvalue weighted by Crippen LogP contribution is -2.32. The number of carboxylic acids is 1. The first-order valence-electron chi connectivity index (χ1n) is 6.69. The summed E-state index contributed by atoms with van der Waals surface area (Å²) in [6.07, 6.45) is 0.282. The molecule has 2 aromatic carbocycles. The third kappa shape index (κ3) is 4.95. The summed E-state index contributed by atoms with van der Waals surface area (Å²) in [5.74, 6) is 1.20. The van der Waals surface area contributed by atoms with Crippen molar-refractivity contribution in [2.75, 3.05) is 7.11 Å². The van der Waals surface area contributed by atoms with Crippen LogP contribution in [0.5, 0.6) is 17.2 Å². The molecule has 2 aromatic rings. The van der Waals surface area contributed by atoms with Crippen molar-refractivity contribution in [3.8, 4) is 17.2 Å². The Kier molecular flexibility index (Phi) is 6.48. The summed E-state index contributed by atoms with van der Waals surface area (Å²) in [6, 6.07) is 10.2. The van der Waals surface area contributed by atoms with E-state index in [1.54, 1.807) is 7.11 Å². The molecule has 0 saturated carbocycles. The van der Waals surface area contributed by atoms with Crippen LogP contribution in [0.15, 0.2) is 36.4 Å². The van der Waals surface area contributed by atoms with Gasteiger partial charge in [-0.05, 0) is 93.6 Å². The highest BCUT2D eigenvalue weighted by molar-refractivity contribution is 14.1. The first-order chi connectivity index (χ1) is 10.9. The number of rotatable bonds is 6. The third-order valence-corrected chi connectivity index (χ3v) is 4.71. The third-order valence-electron chi connectivity index (χ3n) is 3.11. The van der Waals surface area contributed by atoms with Crippen LogP contribution in [0.1, 0.15) is 5.56 Å². The molecule has 0 aliphatic carbocycles. The van der Waals surface area contributed by atoms with E-state index < -0.39 is 12.0 Å². The van der Waals surface area contributed by atoms with Crippen LogP contribution in [-0.4, -0.2) is 24.2 Å². The number of benzene rings is 2. The Morgan fingerprint density at radius 1 is 1.17 bits per heavy atom. The standard InChI is InChI=1S/C16H15I2NO4/c1-22-10-2-4-11(5-3-10)23-15-12(17)6-9(7-13(15)18)8-14(19)16(20)21/h2-7,14H,8,19H2,1H3,(H,20,21). The van der Waals surface area contributed by atoms with Crippen LogP contribution in [0.2, 0.25) is 0 Å². The van der Waals surface area contributed by atoms with Crippen molar-refractivity contribution in [1.82, 2.24) is 0 Å². The molecule has 2 rings (SSSR count). The Morgan fingerprint density at radius 2 is 1.70 bits per heavy atom. The molecule has 3 N–H and O–H groups in total. The predicted octanol–water partition coefficient (Wildman–Crippen LogP) is 3.65. The van der Waals surface area contributed by atoms with E-state index >= 15 is 0 Å². The van der Waals surface area contributed by atoms with Gasteiger partial charge >= 0.3 is 5.97 Å². The van der Waals surface area contributed by atoms with Crippen molar-refractivity contribution < 1.29 is 19.4 Å². The van der Waals surface area contributed by atoms with Gasteiger partial charge in [0, 0.05) is 0 Å². The van der Waals surface area contributed by atoms with Gasteiger partial charge in [0.25, 0.3) is 0 Å². The zero-order valence-corrected chi connectivity index (χ0v) is 16.6. The summed E-state index contributed by atoms with van der Waals surface area (Å²) < 4.78 is 12.9. The Labute approximate surface area is 161 Å². The number of carboxylic acid groups (broad SMARTS) is 1. The second-order valence-electron chi connectivity index (χ2n) is 4.82. The summed E-state index contributed by atoms with van der Waals surface area (Å²) in [5.41, 5.74) is 6.46. The summed E-state index contributed by atoms with van der Waals surface area (Å²) in [5, 5.41) is 8.91. The molecule has 0 aliphatic heterocycles. The molecule has 0 spiro atoms. The second-order valence-corrected chi connectivity index (χ2v) is 7.14. The molecule has 0 aromatic heterocycles. The molecule has 1 atom stereocenters. The van der Waals surface area contributed by atoms with Gasteiger partial charge in [-0.1, -0.05) is 0 Å². The smallest absolute Gasteiger partial charge is 0.320 e. The Bertz CT molecular complexity index is 681. The van der Waals surface area contributed by atoms with Gasteiger partial charge in [0.2, 0.25) is 0 Å². The molecule has 0 radical (unpaired) electrons. The minimum atomic E-state index is -1.01. The zero-order chi connectivity index (χ0) is 17.0. The molecule has 1 unspecified atom stereocenters. The van der Waals surface area contributed by atoms with Gasteiger partial charge in [0.15, 0.2) is 5.75 Å². The van der Waals surface area contributed by atoms with Crippen LogP contribution in [0.4, 0.5) is 0 Å². The van der Waals surface area contributed by atoms with Crippen molar-refractivity contribution in [3.63, 3.8) is 0 Å². The van der Waals surface area contributed by atoms with Crippen molar-refractivity contribution in [2.24, 2.45) is 5.73 Å². The van der Waals surface area contributed by atoms with Gasteiger partial charge in [-0.3, -0.25) is 4.79 Å². The quantitative estimate of drug-likeness (QED) is 0.549. The number of ether oxygens (including phenoxy) is 2. The Balaban J connectivity index is 2.20. The molecule has 0 aliphatic rings. The maximum atomic E-state index is 10.9. The number of methoxy groups -OCH3 is 1. The van der Waals surface area contributed by atoms with Crippen LogP contribution in [0.3, 0.4) is 0 Å². The van der Waals surface area contributed by atoms with E-state index in [4.69, 9.17) is 20.3 Å². The fourth-order valence-corrected chi connectivity index (χ4v) is 4.05. The maximum Gasteiger partial charge on any atom is 0.320 e. The number of halogens is 2. The van der Waals surface area contributed by atoms with Crippen molar-refractivity contribution in [1.29, 1.82) is 0 Å². The van der Waals surface area contributed by atoms with E-state index in [-0.39, 0.29) is 6.42 Å². The first kappa shape index (κ1) is 18.3. The summed E-state index contributed by atoms with van der Waals surface area (Å²) in [4.78, 5) is 10.9. The zero-order valence-electron chi connectivity index (χ0n) is 12.3. The van der Waals surface area contributed by atoms with Crippen LogP contribution in [-0.2, 0) is 11.2 Å². The largest absolute Gasteiger partial charge is 0.497 e. The molecule has 0 bridgehead atoms. The van der Waals surface area contributed by atoms with Gasteiger partial charge in [-0.15, -0.1) is 0 Å². The highest BCUT2D eigenvalue weighted by Crippen LogP contribution is 2.33. The average molecular weight is 539 g/mol. The summed E-state index contributed by atoms with van der Waals surface area (Å²) >= 11 is 4.35. The highest BCUT2D eigenvalue weighted by Gasteiger charge is 2.15. The van der Waals surface area contributed by atoms with E-state index in [1.165, 1.54) is 0 Å². The lowest BCUT2D eigenvalue weighted by molar-refractivity contribution is -0.138. The van der Waals surface area contributed by atoms with Crippen LogP contribution < -0.4 is 15.2 Å². The van der Waals surface area contributed by atoms with Crippen LogP contribution in [0, 0.1) is 7.14 Å². The van der Waals surface area contributed by atoms with Gasteiger partial charge < -0.3 is 20.3 Å². The summed E-state index contributed by atoms with van der Waals surface area (Å²) in [6.45, 7) is 0. The van der Waals surface area contributed by atoms with Gasteiger partial charge in [0.1, 0.15) is 17.5 Å². The number of hydrogen-bond donors (Lipinski definition) is 2.